The molecule has 0 aliphatic rings. The van der Waals surface area contributed by atoms with Gasteiger partial charge in [-0.25, -0.2) is 4.98 Å². The minimum Gasteiger partial charge on any atom is -0.383 e. The first-order valence-corrected chi connectivity index (χ1v) is 9.05. The predicted octanol–water partition coefficient (Wildman–Crippen LogP) is 4.63. The Hall–Kier alpha value is -2.32. The summed E-state index contributed by atoms with van der Waals surface area (Å²) in [5.74, 6) is 0. The van der Waals surface area contributed by atoms with Crippen LogP contribution in [0.3, 0.4) is 0 Å². The number of benzene rings is 2. The Labute approximate surface area is 175 Å². The molecule has 3 rings (SSSR count). The van der Waals surface area contributed by atoms with Gasteiger partial charge in [0.2, 0.25) is 0 Å². The Morgan fingerprint density at radius 3 is 2.39 bits per heavy atom. The number of nitrogens with zero attached hydrogens (tertiary/aromatic N) is 3. The van der Waals surface area contributed by atoms with Crippen LogP contribution in [0.25, 0.3) is 0 Å². The number of halogens is 3. The minimum absolute atomic E-state index is 0.291. The van der Waals surface area contributed by atoms with Gasteiger partial charge in [-0.15, -0.1) is 10.1 Å². The van der Waals surface area contributed by atoms with Crippen molar-refractivity contribution >= 4 is 34.8 Å². The van der Waals surface area contributed by atoms with Crippen LogP contribution in [-0.2, 0) is 18.6 Å². The summed E-state index contributed by atoms with van der Waals surface area (Å²) < 4.78 is 1.81. The largest absolute Gasteiger partial charge is 0.383 e. The van der Waals surface area contributed by atoms with E-state index in [9.17, 15) is 5.11 Å². The molecule has 0 saturated heterocycles. The van der Waals surface area contributed by atoms with Gasteiger partial charge in [-0.05, 0) is 23.8 Å². The summed E-state index contributed by atoms with van der Waals surface area (Å²) in [4.78, 5) is 12.4. The van der Waals surface area contributed by atoms with E-state index in [4.69, 9.17) is 50.1 Å². The average molecular weight is 445 g/mol. The second-order valence-corrected chi connectivity index (χ2v) is 7.15. The maximum absolute atomic E-state index is 11.5. The van der Waals surface area contributed by atoms with E-state index in [0.717, 1.165) is 5.56 Å². The molecule has 1 heterocycles. The molecule has 0 aliphatic heterocycles. The first-order chi connectivity index (χ1) is 13.2. The molecule has 0 saturated carbocycles. The average Bonchev–Trinajstić information content (AvgIpc) is 3.09. The smallest absolute Gasteiger partial charge is 0.291 e. The topological polar surface area (TPSA) is 101 Å². The van der Waals surface area contributed by atoms with Crippen LogP contribution in [0.4, 0.5) is 0 Å². The molecular weight excluding hydrogens is 429 g/mol. The van der Waals surface area contributed by atoms with Crippen LogP contribution in [0.1, 0.15) is 11.1 Å². The number of aromatic nitrogens is 2. The zero-order valence-electron chi connectivity index (χ0n) is 14.4. The van der Waals surface area contributed by atoms with Gasteiger partial charge in [0.15, 0.2) is 0 Å². The fourth-order valence-electron chi connectivity index (χ4n) is 2.74. The quantitative estimate of drug-likeness (QED) is 0.441. The minimum atomic E-state index is -1.50. The van der Waals surface area contributed by atoms with Crippen molar-refractivity contribution in [1.82, 2.24) is 9.55 Å². The zero-order valence-corrected chi connectivity index (χ0v) is 16.6. The van der Waals surface area contributed by atoms with Crippen molar-refractivity contribution in [3.63, 3.8) is 0 Å². The number of hydrogen-bond acceptors (Lipinski definition) is 4. The fourth-order valence-corrected chi connectivity index (χ4v) is 3.53. The van der Waals surface area contributed by atoms with E-state index in [1.165, 1.54) is 0 Å². The molecule has 2 N–H and O–H groups in total. The van der Waals surface area contributed by atoms with Gasteiger partial charge in [0.25, 0.3) is 5.09 Å². The molecule has 148 valence electrons. The van der Waals surface area contributed by atoms with E-state index in [0.29, 0.717) is 33.6 Å². The summed E-state index contributed by atoms with van der Waals surface area (Å²) in [5.41, 5.74) is 0.183. The van der Waals surface area contributed by atoms with Crippen LogP contribution in [0.2, 0.25) is 15.1 Å². The van der Waals surface area contributed by atoms with Crippen LogP contribution in [0.15, 0.2) is 61.2 Å². The van der Waals surface area contributed by atoms with Gasteiger partial charge in [-0.2, -0.15) is 0 Å². The van der Waals surface area contributed by atoms with Crippen molar-refractivity contribution in [3.05, 3.63) is 97.5 Å². The standard InChI is InChI=1S/C18H15Cl3N2O.HNO3/c19-14-5-6-15(17(21)9-14)18(24,11-23-8-7-22-12-23)10-13-3-1-2-4-16(13)20;2-1(3)4/h1-9,12,24H,10-11H2;(H,2,3,4). The van der Waals surface area contributed by atoms with Gasteiger partial charge in [0, 0.05) is 39.4 Å². The monoisotopic (exact) mass is 443 g/mol. The predicted molar refractivity (Wildman–Crippen MR) is 107 cm³/mol. The van der Waals surface area contributed by atoms with Crippen molar-refractivity contribution in [3.8, 4) is 0 Å². The molecule has 3 aromatic rings. The molecule has 0 fully saturated rings. The molecule has 7 nitrogen and oxygen atoms in total. The summed E-state index contributed by atoms with van der Waals surface area (Å²) >= 11 is 18.6. The van der Waals surface area contributed by atoms with Crippen LogP contribution >= 0.6 is 34.8 Å². The SMILES string of the molecule is O=[N+]([O-])O.OC(Cc1ccccc1Cl)(Cn1ccnc1)c1ccc(Cl)cc1Cl. The highest BCUT2D eigenvalue weighted by molar-refractivity contribution is 6.35. The second-order valence-electron chi connectivity index (χ2n) is 5.90. The van der Waals surface area contributed by atoms with Crippen LogP contribution < -0.4 is 0 Å². The summed E-state index contributed by atoms with van der Waals surface area (Å²) in [6.07, 6.45) is 5.42. The molecule has 2 aromatic carbocycles. The number of aliphatic hydroxyl groups is 1. The maximum Gasteiger partial charge on any atom is 0.291 e. The van der Waals surface area contributed by atoms with Gasteiger partial charge in [0.1, 0.15) is 5.60 Å². The molecule has 10 heteroatoms. The molecule has 28 heavy (non-hydrogen) atoms. The van der Waals surface area contributed by atoms with Gasteiger partial charge in [-0.1, -0.05) is 59.1 Å². The highest BCUT2D eigenvalue weighted by Crippen LogP contribution is 2.36. The van der Waals surface area contributed by atoms with E-state index in [2.05, 4.69) is 4.98 Å². The fraction of sp³-hybridized carbons (Fsp3) is 0.167. The van der Waals surface area contributed by atoms with E-state index >= 15 is 0 Å². The molecule has 0 spiro atoms. The first-order valence-electron chi connectivity index (χ1n) is 7.91. The van der Waals surface area contributed by atoms with Crippen LogP contribution in [-0.4, -0.2) is 25.0 Å². The van der Waals surface area contributed by atoms with Gasteiger partial charge >= 0.3 is 0 Å². The molecule has 1 aromatic heterocycles. The van der Waals surface area contributed by atoms with Crippen molar-refractivity contribution in [2.45, 2.75) is 18.6 Å². The Balaban J connectivity index is 0.000000640. The Kier molecular flexibility index (Phi) is 7.65. The summed E-state index contributed by atoms with van der Waals surface area (Å²) in [5, 5.41) is 26.6. The molecule has 0 radical (unpaired) electrons. The van der Waals surface area contributed by atoms with Gasteiger partial charge < -0.3 is 14.9 Å². The second kappa shape index (κ2) is 9.75. The Bertz CT molecular complexity index is 934. The third kappa shape index (κ3) is 6.10. The maximum atomic E-state index is 11.5. The third-order valence-corrected chi connectivity index (χ3v) is 4.79. The van der Waals surface area contributed by atoms with Gasteiger partial charge in [-0.3, -0.25) is 0 Å². The lowest BCUT2D eigenvalue weighted by Gasteiger charge is -2.30. The number of rotatable bonds is 5. The summed E-state index contributed by atoms with van der Waals surface area (Å²) in [6, 6.07) is 12.5. The molecule has 0 bridgehead atoms. The van der Waals surface area contributed by atoms with E-state index in [-0.39, 0.29) is 0 Å². The highest BCUT2D eigenvalue weighted by Gasteiger charge is 2.33. The molecule has 0 amide bonds. The third-order valence-electron chi connectivity index (χ3n) is 3.88. The van der Waals surface area contributed by atoms with Crippen molar-refractivity contribution in [2.75, 3.05) is 0 Å². The number of imidazole rings is 1. The Morgan fingerprint density at radius 1 is 1.14 bits per heavy atom. The van der Waals surface area contributed by atoms with Crippen molar-refractivity contribution in [1.29, 1.82) is 0 Å². The van der Waals surface area contributed by atoms with E-state index in [1.807, 2.05) is 22.8 Å². The summed E-state index contributed by atoms with van der Waals surface area (Å²) in [6.45, 7) is 0.291. The van der Waals surface area contributed by atoms with E-state index in [1.54, 1.807) is 43.0 Å². The first kappa shape index (κ1) is 22.0. The molecule has 1 unspecified atom stereocenters. The highest BCUT2D eigenvalue weighted by atomic mass is 35.5. The number of hydrogen-bond donors (Lipinski definition) is 2. The summed E-state index contributed by atoms with van der Waals surface area (Å²) in [7, 11) is 0. The lowest BCUT2D eigenvalue weighted by molar-refractivity contribution is -0.742. The lowest BCUT2D eigenvalue weighted by Crippen LogP contribution is -2.34. The van der Waals surface area contributed by atoms with Gasteiger partial charge in [0.05, 0.1) is 12.9 Å². The Morgan fingerprint density at radius 2 is 1.82 bits per heavy atom. The molecular formula is C18H16Cl3N3O4. The molecule has 0 aliphatic carbocycles. The van der Waals surface area contributed by atoms with Crippen molar-refractivity contribution < 1.29 is 15.4 Å². The normalized spacial score (nSPS) is 12.6. The zero-order chi connectivity index (χ0) is 20.7. The van der Waals surface area contributed by atoms with Crippen LogP contribution in [0.5, 0.6) is 0 Å². The van der Waals surface area contributed by atoms with Crippen molar-refractivity contribution in [2.24, 2.45) is 0 Å². The van der Waals surface area contributed by atoms with Crippen LogP contribution in [0, 0.1) is 10.1 Å². The van der Waals surface area contributed by atoms with E-state index < -0.39 is 10.7 Å². The lowest BCUT2D eigenvalue weighted by atomic mass is 9.87. The molecule has 1 atom stereocenters.